The van der Waals surface area contributed by atoms with Crippen molar-refractivity contribution in [2.24, 2.45) is 0 Å². The summed E-state index contributed by atoms with van der Waals surface area (Å²) in [6.45, 7) is 6.16. The minimum atomic E-state index is -0.636. The molecule has 152 valence electrons. The number of carbonyl (C=O) groups is 4. The zero-order valence-corrected chi connectivity index (χ0v) is 16.5. The fourth-order valence-corrected chi connectivity index (χ4v) is 3.43. The van der Waals surface area contributed by atoms with Crippen LogP contribution in [0.25, 0.3) is 0 Å². The van der Waals surface area contributed by atoms with Gasteiger partial charge in [0.2, 0.25) is 17.7 Å². The maximum atomic E-state index is 13.1. The Kier molecular flexibility index (Phi) is 6.67. The number of amides is 4. The summed E-state index contributed by atoms with van der Waals surface area (Å²) in [5, 5.41) is 5.00. The van der Waals surface area contributed by atoms with Gasteiger partial charge in [0.25, 0.3) is 0 Å². The average molecular weight is 382 g/mol. The van der Waals surface area contributed by atoms with Crippen LogP contribution in [0.3, 0.4) is 0 Å². The molecule has 2 atom stereocenters. The van der Waals surface area contributed by atoms with Gasteiger partial charge in [-0.3, -0.25) is 19.3 Å². The Balaban J connectivity index is 2.02. The number of hydrogen-bond donors (Lipinski definition) is 2. The molecule has 2 saturated heterocycles. The fraction of sp³-hybridized carbons (Fsp3) is 0.778. The van der Waals surface area contributed by atoms with Crippen molar-refractivity contribution in [2.45, 2.75) is 64.1 Å². The van der Waals surface area contributed by atoms with Crippen LogP contribution >= 0.6 is 0 Å². The van der Waals surface area contributed by atoms with Crippen molar-refractivity contribution in [3.8, 4) is 0 Å². The molecule has 0 bridgehead atoms. The van der Waals surface area contributed by atoms with E-state index >= 15 is 0 Å². The monoisotopic (exact) mass is 382 g/mol. The van der Waals surface area contributed by atoms with Gasteiger partial charge in [-0.15, -0.1) is 0 Å². The minimum absolute atomic E-state index is 0.124. The second-order valence-corrected chi connectivity index (χ2v) is 7.91. The number of likely N-dealkylation sites (N-methyl/N-ethyl adjacent to an activating group) is 1. The van der Waals surface area contributed by atoms with Gasteiger partial charge in [-0.2, -0.15) is 0 Å². The van der Waals surface area contributed by atoms with Gasteiger partial charge in [0.15, 0.2) is 0 Å². The molecule has 9 nitrogen and oxygen atoms in total. The lowest BCUT2D eigenvalue weighted by Gasteiger charge is -2.32. The van der Waals surface area contributed by atoms with Gasteiger partial charge < -0.3 is 20.3 Å². The Morgan fingerprint density at radius 1 is 1.00 bits per heavy atom. The molecule has 2 aliphatic heterocycles. The maximum Gasteiger partial charge on any atom is 0.410 e. The summed E-state index contributed by atoms with van der Waals surface area (Å²) in [4.78, 5) is 52.2. The lowest BCUT2D eigenvalue weighted by Crippen LogP contribution is -2.54. The minimum Gasteiger partial charge on any atom is -0.444 e. The Morgan fingerprint density at radius 2 is 1.59 bits per heavy atom. The van der Waals surface area contributed by atoms with E-state index in [9.17, 15) is 19.2 Å². The molecule has 4 amide bonds. The number of carbonyl (C=O) groups excluding carboxylic acids is 4. The molecule has 0 aromatic rings. The van der Waals surface area contributed by atoms with Crippen molar-refractivity contribution < 1.29 is 23.9 Å². The summed E-state index contributed by atoms with van der Waals surface area (Å²) in [5.41, 5.74) is -0.636. The molecule has 0 radical (unpaired) electrons. The highest BCUT2D eigenvalue weighted by molar-refractivity contribution is 5.93. The van der Waals surface area contributed by atoms with Gasteiger partial charge >= 0.3 is 6.09 Å². The first-order valence-electron chi connectivity index (χ1n) is 9.42. The average Bonchev–Trinajstić information content (AvgIpc) is 3.26. The maximum absolute atomic E-state index is 13.1. The molecule has 0 aromatic heterocycles. The van der Waals surface area contributed by atoms with Crippen LogP contribution in [0.2, 0.25) is 0 Å². The molecule has 0 aromatic carbocycles. The van der Waals surface area contributed by atoms with Crippen molar-refractivity contribution >= 4 is 23.8 Å². The van der Waals surface area contributed by atoms with Crippen molar-refractivity contribution in [3.05, 3.63) is 0 Å². The number of nitrogens with one attached hydrogen (secondary N) is 2. The van der Waals surface area contributed by atoms with E-state index in [0.717, 1.165) is 6.42 Å². The third-order valence-electron chi connectivity index (χ3n) is 4.71. The number of hydrogen-bond acceptors (Lipinski definition) is 5. The van der Waals surface area contributed by atoms with Crippen LogP contribution in [-0.2, 0) is 19.1 Å². The van der Waals surface area contributed by atoms with Crippen LogP contribution < -0.4 is 10.6 Å². The van der Waals surface area contributed by atoms with E-state index in [1.807, 2.05) is 0 Å². The standard InChI is InChI=1S/C18H30N4O5/c1-18(2,3)27-17(26)22-10-6-8-13(22)16(25)21-9-5-7-12(21)15(24)20-11-14(23)19-4/h12-13H,5-11H2,1-4H3,(H,19,23)(H,20,24)/t12-,13-/m0/s1. The van der Waals surface area contributed by atoms with Crippen LogP contribution in [-0.4, -0.2) is 78.0 Å². The number of likely N-dealkylation sites (tertiary alicyclic amines) is 2. The summed E-state index contributed by atoms with van der Waals surface area (Å²) in [6, 6.07) is -1.21. The van der Waals surface area contributed by atoms with E-state index < -0.39 is 23.8 Å². The first-order chi connectivity index (χ1) is 12.6. The van der Waals surface area contributed by atoms with E-state index in [1.165, 1.54) is 16.8 Å². The Labute approximate surface area is 159 Å². The van der Waals surface area contributed by atoms with Crippen molar-refractivity contribution in [2.75, 3.05) is 26.7 Å². The van der Waals surface area contributed by atoms with Crippen LogP contribution in [0.15, 0.2) is 0 Å². The van der Waals surface area contributed by atoms with Crippen molar-refractivity contribution in [1.82, 2.24) is 20.4 Å². The molecule has 0 unspecified atom stereocenters. The van der Waals surface area contributed by atoms with E-state index in [1.54, 1.807) is 20.8 Å². The zero-order chi connectivity index (χ0) is 20.2. The number of ether oxygens (including phenoxy) is 1. The molecule has 0 spiro atoms. The molecule has 2 aliphatic rings. The molecule has 27 heavy (non-hydrogen) atoms. The van der Waals surface area contributed by atoms with E-state index in [0.29, 0.717) is 32.4 Å². The third kappa shape index (κ3) is 5.33. The summed E-state index contributed by atoms with van der Waals surface area (Å²) < 4.78 is 5.41. The lowest BCUT2D eigenvalue weighted by molar-refractivity contribution is -0.142. The highest BCUT2D eigenvalue weighted by atomic mass is 16.6. The number of nitrogens with zero attached hydrogens (tertiary/aromatic N) is 2. The smallest absolute Gasteiger partial charge is 0.410 e. The van der Waals surface area contributed by atoms with Crippen molar-refractivity contribution in [1.29, 1.82) is 0 Å². The quantitative estimate of drug-likeness (QED) is 0.724. The first-order valence-corrected chi connectivity index (χ1v) is 9.42. The van der Waals surface area contributed by atoms with Crippen LogP contribution in [0.1, 0.15) is 46.5 Å². The molecule has 0 saturated carbocycles. The normalized spacial score (nSPS) is 22.5. The van der Waals surface area contributed by atoms with Gasteiger partial charge in [0.05, 0.1) is 6.54 Å². The molecule has 2 heterocycles. The molecule has 2 fully saturated rings. The van der Waals surface area contributed by atoms with Crippen LogP contribution in [0.4, 0.5) is 4.79 Å². The Hall–Kier alpha value is -2.32. The van der Waals surface area contributed by atoms with Gasteiger partial charge in [-0.1, -0.05) is 0 Å². The first kappa shape index (κ1) is 21.0. The van der Waals surface area contributed by atoms with Crippen LogP contribution in [0.5, 0.6) is 0 Å². The lowest BCUT2D eigenvalue weighted by atomic mass is 10.1. The summed E-state index contributed by atoms with van der Waals surface area (Å²) >= 11 is 0. The second kappa shape index (κ2) is 8.58. The Morgan fingerprint density at radius 3 is 2.19 bits per heavy atom. The van der Waals surface area contributed by atoms with E-state index in [4.69, 9.17) is 4.74 Å². The number of rotatable bonds is 4. The fourth-order valence-electron chi connectivity index (χ4n) is 3.43. The highest BCUT2D eigenvalue weighted by Gasteiger charge is 2.43. The van der Waals surface area contributed by atoms with Gasteiger partial charge in [0, 0.05) is 20.1 Å². The van der Waals surface area contributed by atoms with Gasteiger partial charge in [-0.25, -0.2) is 4.79 Å². The summed E-state index contributed by atoms with van der Waals surface area (Å²) in [7, 11) is 1.49. The van der Waals surface area contributed by atoms with Gasteiger partial charge in [0.1, 0.15) is 17.7 Å². The predicted octanol–water partition coefficient (Wildman–Crippen LogP) is 0.239. The van der Waals surface area contributed by atoms with Crippen LogP contribution in [0, 0.1) is 0 Å². The molecular formula is C18H30N4O5. The summed E-state index contributed by atoms with van der Waals surface area (Å²) in [5.74, 6) is -0.867. The molecule has 2 N–H and O–H groups in total. The Bertz CT molecular complexity index is 601. The zero-order valence-electron chi connectivity index (χ0n) is 16.5. The molecular weight excluding hydrogens is 352 g/mol. The molecule has 9 heteroatoms. The third-order valence-corrected chi connectivity index (χ3v) is 4.71. The molecule has 2 rings (SSSR count). The van der Waals surface area contributed by atoms with E-state index in [2.05, 4.69) is 10.6 Å². The van der Waals surface area contributed by atoms with E-state index in [-0.39, 0.29) is 24.3 Å². The predicted molar refractivity (Wildman–Crippen MR) is 97.8 cm³/mol. The largest absolute Gasteiger partial charge is 0.444 e. The topological polar surface area (TPSA) is 108 Å². The van der Waals surface area contributed by atoms with Crippen molar-refractivity contribution in [3.63, 3.8) is 0 Å². The SMILES string of the molecule is CNC(=O)CNC(=O)[C@@H]1CCCN1C(=O)[C@@H]1CCCN1C(=O)OC(C)(C)C. The van der Waals surface area contributed by atoms with Gasteiger partial charge in [-0.05, 0) is 46.5 Å². The summed E-state index contributed by atoms with van der Waals surface area (Å²) in [6.07, 6.45) is 2.03. The highest BCUT2D eigenvalue weighted by Crippen LogP contribution is 2.26. The second-order valence-electron chi connectivity index (χ2n) is 7.91. The molecule has 0 aliphatic carbocycles.